The van der Waals surface area contributed by atoms with Gasteiger partial charge in [0, 0.05) is 5.56 Å². The summed E-state index contributed by atoms with van der Waals surface area (Å²) in [4.78, 5) is 4.32. The molecule has 0 unspecified atom stereocenters. The van der Waals surface area contributed by atoms with Crippen molar-refractivity contribution in [3.05, 3.63) is 53.8 Å². The maximum Gasteiger partial charge on any atom is 0.227 e. The van der Waals surface area contributed by atoms with Crippen molar-refractivity contribution >= 4 is 11.1 Å². The minimum absolute atomic E-state index is 0.0392. The summed E-state index contributed by atoms with van der Waals surface area (Å²) in [7, 11) is 0. The molecule has 1 aromatic heterocycles. The molecular formula is C14H10FNO2. The lowest BCUT2D eigenvalue weighted by molar-refractivity contribution is 0.282. The van der Waals surface area contributed by atoms with E-state index in [1.807, 2.05) is 0 Å². The zero-order chi connectivity index (χ0) is 12.5. The number of aliphatic hydroxyl groups excluding tert-OH is 1. The van der Waals surface area contributed by atoms with Crippen molar-refractivity contribution in [3.63, 3.8) is 0 Å². The van der Waals surface area contributed by atoms with Crippen molar-refractivity contribution in [1.82, 2.24) is 4.98 Å². The molecule has 4 heteroatoms. The van der Waals surface area contributed by atoms with Crippen LogP contribution in [-0.2, 0) is 6.61 Å². The molecule has 3 aromatic rings. The number of oxazole rings is 1. The Morgan fingerprint density at radius 1 is 1.11 bits per heavy atom. The Labute approximate surface area is 103 Å². The van der Waals surface area contributed by atoms with Crippen molar-refractivity contribution in [3.8, 4) is 11.5 Å². The van der Waals surface area contributed by atoms with Crippen molar-refractivity contribution in [1.29, 1.82) is 0 Å². The molecule has 3 rings (SSSR count). The number of rotatable bonds is 2. The van der Waals surface area contributed by atoms with Gasteiger partial charge in [0.1, 0.15) is 11.3 Å². The zero-order valence-electron chi connectivity index (χ0n) is 9.43. The molecule has 0 aliphatic heterocycles. The summed E-state index contributed by atoms with van der Waals surface area (Å²) in [5.74, 6) is 0.150. The second kappa shape index (κ2) is 4.23. The van der Waals surface area contributed by atoms with E-state index in [2.05, 4.69) is 4.98 Å². The van der Waals surface area contributed by atoms with Crippen LogP contribution < -0.4 is 0 Å². The fraction of sp³-hybridized carbons (Fsp3) is 0.0714. The van der Waals surface area contributed by atoms with Gasteiger partial charge in [0.2, 0.25) is 5.89 Å². The van der Waals surface area contributed by atoms with Gasteiger partial charge in [-0.25, -0.2) is 9.37 Å². The molecule has 0 saturated heterocycles. The minimum atomic E-state index is -0.294. The molecule has 3 nitrogen and oxygen atoms in total. The van der Waals surface area contributed by atoms with Gasteiger partial charge in [0.15, 0.2) is 5.58 Å². The first-order valence-electron chi connectivity index (χ1n) is 5.52. The first-order chi connectivity index (χ1) is 8.76. The molecule has 1 N–H and O–H groups in total. The van der Waals surface area contributed by atoms with Gasteiger partial charge in [-0.15, -0.1) is 0 Å². The fourth-order valence-corrected chi connectivity index (χ4v) is 1.78. The van der Waals surface area contributed by atoms with E-state index in [0.717, 1.165) is 11.1 Å². The molecule has 18 heavy (non-hydrogen) atoms. The van der Waals surface area contributed by atoms with Crippen LogP contribution in [0.1, 0.15) is 5.56 Å². The van der Waals surface area contributed by atoms with Crippen LogP contribution in [-0.4, -0.2) is 10.1 Å². The van der Waals surface area contributed by atoms with E-state index in [4.69, 9.17) is 9.52 Å². The average Bonchev–Trinajstić information content (AvgIpc) is 2.82. The number of nitrogens with zero attached hydrogens (tertiary/aromatic N) is 1. The number of fused-ring (bicyclic) bond motifs is 1. The molecule has 2 aromatic carbocycles. The van der Waals surface area contributed by atoms with E-state index >= 15 is 0 Å². The highest BCUT2D eigenvalue weighted by molar-refractivity contribution is 5.76. The molecule has 0 aliphatic carbocycles. The highest BCUT2D eigenvalue weighted by Gasteiger charge is 2.08. The van der Waals surface area contributed by atoms with Gasteiger partial charge < -0.3 is 9.52 Å². The van der Waals surface area contributed by atoms with E-state index < -0.39 is 0 Å². The van der Waals surface area contributed by atoms with Crippen molar-refractivity contribution < 1.29 is 13.9 Å². The van der Waals surface area contributed by atoms with Crippen LogP contribution in [0.2, 0.25) is 0 Å². The van der Waals surface area contributed by atoms with E-state index in [-0.39, 0.29) is 12.4 Å². The third kappa shape index (κ3) is 1.87. The van der Waals surface area contributed by atoms with Crippen LogP contribution >= 0.6 is 0 Å². The lowest BCUT2D eigenvalue weighted by Crippen LogP contribution is -1.80. The summed E-state index contributed by atoms with van der Waals surface area (Å²) < 4.78 is 18.4. The van der Waals surface area contributed by atoms with Gasteiger partial charge in [-0.1, -0.05) is 6.07 Å². The highest BCUT2D eigenvalue weighted by Crippen LogP contribution is 2.25. The van der Waals surface area contributed by atoms with Crippen LogP contribution in [0.15, 0.2) is 46.9 Å². The third-order valence-corrected chi connectivity index (χ3v) is 2.73. The molecule has 1 heterocycles. The van der Waals surface area contributed by atoms with E-state index in [0.29, 0.717) is 17.0 Å². The molecular weight excluding hydrogens is 233 g/mol. The molecule has 0 spiro atoms. The Bertz CT molecular complexity index is 689. The standard InChI is InChI=1S/C14H10FNO2/c15-11-4-2-10(3-5-11)14-16-12-6-1-9(8-17)7-13(12)18-14/h1-7,17H,8H2. The van der Waals surface area contributed by atoms with Gasteiger partial charge >= 0.3 is 0 Å². The predicted molar refractivity (Wildman–Crippen MR) is 65.3 cm³/mol. The average molecular weight is 243 g/mol. The number of halogens is 1. The molecule has 0 radical (unpaired) electrons. The van der Waals surface area contributed by atoms with Gasteiger partial charge in [-0.05, 0) is 42.0 Å². The second-order valence-electron chi connectivity index (χ2n) is 3.99. The van der Waals surface area contributed by atoms with Gasteiger partial charge in [-0.3, -0.25) is 0 Å². The Morgan fingerprint density at radius 3 is 2.61 bits per heavy atom. The van der Waals surface area contributed by atoms with E-state index in [1.165, 1.54) is 12.1 Å². The van der Waals surface area contributed by atoms with Crippen LogP contribution in [0.5, 0.6) is 0 Å². The molecule has 0 atom stereocenters. The maximum atomic E-state index is 12.8. The summed E-state index contributed by atoms with van der Waals surface area (Å²) in [5, 5.41) is 9.05. The fourth-order valence-electron chi connectivity index (χ4n) is 1.78. The first kappa shape index (κ1) is 10.9. The van der Waals surface area contributed by atoms with Crippen LogP contribution in [0, 0.1) is 5.82 Å². The summed E-state index contributed by atoms with van der Waals surface area (Å²) in [6.45, 7) is -0.0392. The molecule has 0 bridgehead atoms. The van der Waals surface area contributed by atoms with Crippen LogP contribution in [0.3, 0.4) is 0 Å². The molecule has 0 fully saturated rings. The van der Waals surface area contributed by atoms with Crippen LogP contribution in [0.4, 0.5) is 4.39 Å². The maximum absolute atomic E-state index is 12.8. The topological polar surface area (TPSA) is 46.3 Å². The summed E-state index contributed by atoms with van der Waals surface area (Å²) in [6.07, 6.45) is 0. The summed E-state index contributed by atoms with van der Waals surface area (Å²) in [6, 6.07) is 11.3. The van der Waals surface area contributed by atoms with Gasteiger partial charge in [0.05, 0.1) is 6.61 Å². The van der Waals surface area contributed by atoms with Crippen LogP contribution in [0.25, 0.3) is 22.6 Å². The molecule has 0 aliphatic rings. The van der Waals surface area contributed by atoms with E-state index in [1.54, 1.807) is 30.3 Å². The van der Waals surface area contributed by atoms with E-state index in [9.17, 15) is 4.39 Å². The lowest BCUT2D eigenvalue weighted by atomic mass is 10.2. The number of aromatic nitrogens is 1. The highest BCUT2D eigenvalue weighted by atomic mass is 19.1. The normalized spacial score (nSPS) is 11.0. The number of hydrogen-bond donors (Lipinski definition) is 1. The quantitative estimate of drug-likeness (QED) is 0.752. The Morgan fingerprint density at radius 2 is 1.89 bits per heavy atom. The monoisotopic (exact) mass is 243 g/mol. The first-order valence-corrected chi connectivity index (χ1v) is 5.52. The molecule has 0 saturated carbocycles. The van der Waals surface area contributed by atoms with Crippen molar-refractivity contribution in [2.75, 3.05) is 0 Å². The summed E-state index contributed by atoms with van der Waals surface area (Å²) in [5.41, 5.74) is 2.81. The lowest BCUT2D eigenvalue weighted by Gasteiger charge is -1.94. The minimum Gasteiger partial charge on any atom is -0.436 e. The number of aliphatic hydroxyl groups is 1. The predicted octanol–water partition coefficient (Wildman–Crippen LogP) is 3.13. The van der Waals surface area contributed by atoms with Gasteiger partial charge in [0.25, 0.3) is 0 Å². The zero-order valence-corrected chi connectivity index (χ0v) is 9.43. The largest absolute Gasteiger partial charge is 0.436 e. The second-order valence-corrected chi connectivity index (χ2v) is 3.99. The Balaban J connectivity index is 2.10. The number of benzene rings is 2. The Kier molecular flexibility index (Phi) is 2.57. The van der Waals surface area contributed by atoms with Crippen molar-refractivity contribution in [2.24, 2.45) is 0 Å². The Hall–Kier alpha value is -2.20. The smallest absolute Gasteiger partial charge is 0.227 e. The SMILES string of the molecule is OCc1ccc2nc(-c3ccc(F)cc3)oc2c1. The third-order valence-electron chi connectivity index (χ3n) is 2.73. The van der Waals surface area contributed by atoms with Gasteiger partial charge in [-0.2, -0.15) is 0 Å². The molecule has 0 amide bonds. The van der Waals surface area contributed by atoms with Crippen molar-refractivity contribution in [2.45, 2.75) is 6.61 Å². The summed E-state index contributed by atoms with van der Waals surface area (Å²) >= 11 is 0. The molecule has 90 valence electrons. The number of hydrogen-bond acceptors (Lipinski definition) is 3.